The molecule has 1 aliphatic rings. The maximum atomic E-state index is 11.6. The van der Waals surface area contributed by atoms with Crippen molar-refractivity contribution < 1.29 is 9.53 Å². The van der Waals surface area contributed by atoms with Gasteiger partial charge in [-0.2, -0.15) is 11.3 Å². The van der Waals surface area contributed by atoms with Crippen molar-refractivity contribution in [1.29, 1.82) is 0 Å². The van der Waals surface area contributed by atoms with Gasteiger partial charge in [0.2, 0.25) is 0 Å². The number of hydrogen-bond donors (Lipinski definition) is 0. The molecule has 0 amide bonds. The van der Waals surface area contributed by atoms with E-state index in [4.69, 9.17) is 9.72 Å². The molecule has 1 aromatic carbocycles. The lowest BCUT2D eigenvalue weighted by Crippen LogP contribution is -2.07. The smallest absolute Gasteiger partial charge is 0.310 e. The number of pyridine rings is 1. The summed E-state index contributed by atoms with van der Waals surface area (Å²) < 4.78 is 5.03. The fraction of sp³-hybridized carbons (Fsp3) is 0.304. The summed E-state index contributed by atoms with van der Waals surface area (Å²) >= 11 is 1.71. The number of carbonyl (C=O) groups excluding carboxylic acids is 1. The van der Waals surface area contributed by atoms with E-state index in [-0.39, 0.29) is 5.97 Å². The van der Waals surface area contributed by atoms with Crippen molar-refractivity contribution in [3.05, 3.63) is 75.1 Å². The number of carbonyl (C=O) groups is 1. The van der Waals surface area contributed by atoms with Gasteiger partial charge in [-0.25, -0.2) is 0 Å². The standard InChI is InChI=1S/C23H23NO2S/c1-2-26-23(25)13-17-8-6-16(7-9-17)12-19-14-22(18-10-11-27-15-18)24-21-5-3-4-20(19)21/h6-11,14-15H,2-5,12-13H2,1H3. The average molecular weight is 378 g/mol. The Morgan fingerprint density at radius 2 is 1.96 bits per heavy atom. The van der Waals surface area contributed by atoms with Crippen molar-refractivity contribution in [2.45, 2.75) is 39.0 Å². The summed E-state index contributed by atoms with van der Waals surface area (Å²) in [5, 5.41) is 4.27. The summed E-state index contributed by atoms with van der Waals surface area (Å²) in [5.41, 5.74) is 8.65. The Kier molecular flexibility index (Phi) is 5.35. The van der Waals surface area contributed by atoms with Gasteiger partial charge in [0.25, 0.3) is 0 Å². The van der Waals surface area contributed by atoms with Gasteiger partial charge in [-0.3, -0.25) is 9.78 Å². The topological polar surface area (TPSA) is 39.2 Å². The normalized spacial score (nSPS) is 12.8. The maximum Gasteiger partial charge on any atom is 0.310 e. The first kappa shape index (κ1) is 17.9. The highest BCUT2D eigenvalue weighted by Crippen LogP contribution is 2.31. The summed E-state index contributed by atoms with van der Waals surface area (Å²) in [6.07, 6.45) is 4.64. The molecule has 3 nitrogen and oxygen atoms in total. The van der Waals surface area contributed by atoms with Crippen LogP contribution in [0.3, 0.4) is 0 Å². The Labute approximate surface area is 164 Å². The molecule has 0 bridgehead atoms. The third-order valence-corrected chi connectivity index (χ3v) is 5.71. The number of fused-ring (bicyclic) bond motifs is 1. The van der Waals surface area contributed by atoms with Crippen LogP contribution >= 0.6 is 11.3 Å². The van der Waals surface area contributed by atoms with Gasteiger partial charge in [0, 0.05) is 16.6 Å². The first-order valence-electron chi connectivity index (χ1n) is 9.50. The van der Waals surface area contributed by atoms with Gasteiger partial charge >= 0.3 is 5.97 Å². The SMILES string of the molecule is CCOC(=O)Cc1ccc(Cc2cc(-c3ccsc3)nc3c2CCC3)cc1. The maximum absolute atomic E-state index is 11.6. The molecule has 4 heteroatoms. The zero-order valence-electron chi connectivity index (χ0n) is 15.5. The van der Waals surface area contributed by atoms with Crippen molar-refractivity contribution in [1.82, 2.24) is 4.98 Å². The van der Waals surface area contributed by atoms with E-state index in [2.05, 4.69) is 35.0 Å². The van der Waals surface area contributed by atoms with E-state index in [0.29, 0.717) is 13.0 Å². The molecule has 0 saturated heterocycles. The van der Waals surface area contributed by atoms with E-state index in [1.165, 1.54) is 34.4 Å². The molecule has 0 saturated carbocycles. The third kappa shape index (κ3) is 4.11. The second-order valence-electron chi connectivity index (χ2n) is 6.93. The van der Waals surface area contributed by atoms with Crippen molar-refractivity contribution in [3.63, 3.8) is 0 Å². The zero-order chi connectivity index (χ0) is 18.6. The van der Waals surface area contributed by atoms with Gasteiger partial charge < -0.3 is 4.74 Å². The highest BCUT2D eigenvalue weighted by Gasteiger charge is 2.18. The molecule has 0 aliphatic heterocycles. The number of ether oxygens (including phenoxy) is 1. The average Bonchev–Trinajstić information content (AvgIpc) is 3.35. The second kappa shape index (κ2) is 8.05. The van der Waals surface area contributed by atoms with Gasteiger partial charge in [-0.15, -0.1) is 0 Å². The Bertz CT molecular complexity index is 930. The fourth-order valence-corrected chi connectivity index (χ4v) is 4.37. The number of nitrogens with zero attached hydrogens (tertiary/aromatic N) is 1. The van der Waals surface area contributed by atoms with Crippen molar-refractivity contribution in [3.8, 4) is 11.3 Å². The van der Waals surface area contributed by atoms with Crippen LogP contribution in [0, 0.1) is 0 Å². The van der Waals surface area contributed by atoms with Gasteiger partial charge in [0.05, 0.1) is 18.7 Å². The molecule has 1 aliphatic carbocycles. The third-order valence-electron chi connectivity index (χ3n) is 5.03. The number of rotatable bonds is 6. The van der Waals surface area contributed by atoms with Crippen molar-refractivity contribution >= 4 is 17.3 Å². The van der Waals surface area contributed by atoms with Gasteiger partial charge in [-0.05, 0) is 72.4 Å². The minimum Gasteiger partial charge on any atom is -0.466 e. The molecule has 0 radical (unpaired) electrons. The zero-order valence-corrected chi connectivity index (χ0v) is 16.3. The summed E-state index contributed by atoms with van der Waals surface area (Å²) in [6, 6.07) is 12.7. The number of thiophene rings is 1. The number of benzene rings is 1. The lowest BCUT2D eigenvalue weighted by molar-refractivity contribution is -0.142. The first-order valence-corrected chi connectivity index (χ1v) is 10.4. The molecular weight excluding hydrogens is 354 g/mol. The Hall–Kier alpha value is -2.46. The molecule has 3 aromatic rings. The largest absolute Gasteiger partial charge is 0.466 e. The van der Waals surface area contributed by atoms with Crippen LogP contribution in [0.5, 0.6) is 0 Å². The van der Waals surface area contributed by atoms with Crippen LogP contribution in [0.15, 0.2) is 47.2 Å². The van der Waals surface area contributed by atoms with E-state index in [1.807, 2.05) is 19.1 Å². The number of esters is 1. The number of aryl methyl sites for hydroxylation is 1. The van der Waals surface area contributed by atoms with Crippen LogP contribution in [0.25, 0.3) is 11.3 Å². The predicted octanol–water partition coefficient (Wildman–Crippen LogP) is 5.00. The van der Waals surface area contributed by atoms with Crippen LogP contribution in [-0.2, 0) is 35.2 Å². The number of aromatic nitrogens is 1. The van der Waals surface area contributed by atoms with Gasteiger partial charge in [-0.1, -0.05) is 24.3 Å². The molecule has 2 heterocycles. The predicted molar refractivity (Wildman–Crippen MR) is 109 cm³/mol. The van der Waals surface area contributed by atoms with Crippen LogP contribution in [0.4, 0.5) is 0 Å². The van der Waals surface area contributed by atoms with Gasteiger partial charge in [0.15, 0.2) is 0 Å². The van der Waals surface area contributed by atoms with Gasteiger partial charge in [0.1, 0.15) is 0 Å². The lowest BCUT2D eigenvalue weighted by Gasteiger charge is -2.12. The van der Waals surface area contributed by atoms with E-state index >= 15 is 0 Å². The molecule has 0 N–H and O–H groups in total. The Balaban J connectivity index is 1.56. The molecule has 0 unspecified atom stereocenters. The van der Waals surface area contributed by atoms with Crippen LogP contribution < -0.4 is 0 Å². The van der Waals surface area contributed by atoms with Crippen LogP contribution in [-0.4, -0.2) is 17.6 Å². The summed E-state index contributed by atoms with van der Waals surface area (Å²) in [5.74, 6) is -0.169. The second-order valence-corrected chi connectivity index (χ2v) is 7.71. The molecule has 0 spiro atoms. The first-order chi connectivity index (χ1) is 13.2. The minimum atomic E-state index is -0.169. The summed E-state index contributed by atoms with van der Waals surface area (Å²) in [4.78, 5) is 16.6. The molecule has 27 heavy (non-hydrogen) atoms. The molecular formula is C23H23NO2S. The van der Waals surface area contributed by atoms with E-state index in [1.54, 1.807) is 11.3 Å². The van der Waals surface area contributed by atoms with E-state index < -0.39 is 0 Å². The summed E-state index contributed by atoms with van der Waals surface area (Å²) in [7, 11) is 0. The fourth-order valence-electron chi connectivity index (χ4n) is 3.72. The lowest BCUT2D eigenvalue weighted by atomic mass is 9.97. The van der Waals surface area contributed by atoms with Crippen LogP contribution in [0.2, 0.25) is 0 Å². The molecule has 0 atom stereocenters. The quantitative estimate of drug-likeness (QED) is 0.568. The molecule has 4 rings (SSSR count). The summed E-state index contributed by atoms with van der Waals surface area (Å²) in [6.45, 7) is 2.26. The Morgan fingerprint density at radius 1 is 1.15 bits per heavy atom. The Morgan fingerprint density at radius 3 is 2.70 bits per heavy atom. The highest BCUT2D eigenvalue weighted by molar-refractivity contribution is 7.08. The minimum absolute atomic E-state index is 0.169. The van der Waals surface area contributed by atoms with E-state index in [0.717, 1.165) is 30.5 Å². The van der Waals surface area contributed by atoms with E-state index in [9.17, 15) is 4.79 Å². The molecule has 2 aromatic heterocycles. The molecule has 138 valence electrons. The monoisotopic (exact) mass is 377 g/mol. The van der Waals surface area contributed by atoms with Crippen molar-refractivity contribution in [2.75, 3.05) is 6.61 Å². The molecule has 0 fully saturated rings. The van der Waals surface area contributed by atoms with Crippen LogP contribution in [0.1, 0.15) is 41.3 Å². The number of hydrogen-bond acceptors (Lipinski definition) is 4. The van der Waals surface area contributed by atoms with Crippen molar-refractivity contribution in [2.24, 2.45) is 0 Å². The highest BCUT2D eigenvalue weighted by atomic mass is 32.1.